The summed E-state index contributed by atoms with van der Waals surface area (Å²) in [6.07, 6.45) is -0.656. The zero-order chi connectivity index (χ0) is 20.8. The molecule has 1 heterocycles. The van der Waals surface area contributed by atoms with Crippen LogP contribution < -0.4 is 4.74 Å². The highest BCUT2D eigenvalue weighted by atomic mass is 32.2. The Hall–Kier alpha value is -2.64. The molecule has 0 fully saturated rings. The fraction of sp³-hybridized carbons (Fsp3) is 0.318. The number of carbonyl (C=O) groups excluding carboxylic acids is 1. The van der Waals surface area contributed by atoms with E-state index in [1.807, 2.05) is 16.7 Å². The van der Waals surface area contributed by atoms with E-state index in [2.05, 4.69) is 36.2 Å². The standard InChI is InChI=1S/C22H25N3O3S/c1-4-25-21(18-7-5-6-15(2)12-18)23-24-22(25)29-14-19(27)13-28-20-10-8-17(9-11-20)16(3)26/h5-12,19,27H,4,13-14H2,1-3H3. The van der Waals surface area contributed by atoms with Gasteiger partial charge in [-0.1, -0.05) is 35.5 Å². The van der Waals surface area contributed by atoms with Crippen LogP contribution in [0.25, 0.3) is 11.4 Å². The van der Waals surface area contributed by atoms with Crippen molar-refractivity contribution in [3.8, 4) is 17.1 Å². The average Bonchev–Trinajstić information content (AvgIpc) is 3.14. The average molecular weight is 412 g/mol. The number of ether oxygens (including phenoxy) is 1. The van der Waals surface area contributed by atoms with Gasteiger partial charge in [-0.2, -0.15) is 0 Å². The largest absolute Gasteiger partial charge is 0.491 e. The first-order chi connectivity index (χ1) is 14.0. The molecule has 0 spiro atoms. The van der Waals surface area contributed by atoms with Gasteiger partial charge >= 0.3 is 0 Å². The van der Waals surface area contributed by atoms with Crippen LogP contribution in [0.15, 0.2) is 53.7 Å². The Kier molecular flexibility index (Phi) is 7.06. The minimum absolute atomic E-state index is 0.0121. The Labute approximate surface area is 174 Å². The second-order valence-corrected chi connectivity index (χ2v) is 7.76. The first kappa shape index (κ1) is 21.1. The molecule has 0 bridgehead atoms. The number of aryl methyl sites for hydroxylation is 1. The minimum atomic E-state index is -0.656. The van der Waals surface area contributed by atoms with Gasteiger partial charge in [0.05, 0.1) is 6.10 Å². The molecule has 152 valence electrons. The first-order valence-electron chi connectivity index (χ1n) is 9.52. The van der Waals surface area contributed by atoms with Crippen molar-refractivity contribution >= 4 is 17.5 Å². The van der Waals surface area contributed by atoms with Crippen LogP contribution in [-0.2, 0) is 6.54 Å². The van der Waals surface area contributed by atoms with E-state index in [0.29, 0.717) is 17.1 Å². The number of thioether (sulfide) groups is 1. The second kappa shape index (κ2) is 9.71. The van der Waals surface area contributed by atoms with Crippen LogP contribution in [0.2, 0.25) is 0 Å². The van der Waals surface area contributed by atoms with Crippen molar-refractivity contribution in [2.45, 2.75) is 38.6 Å². The molecule has 6 nitrogen and oxygen atoms in total. The highest BCUT2D eigenvalue weighted by Gasteiger charge is 2.15. The zero-order valence-electron chi connectivity index (χ0n) is 16.8. The number of carbonyl (C=O) groups is 1. The third kappa shape index (κ3) is 5.46. The van der Waals surface area contributed by atoms with Crippen LogP contribution in [0.1, 0.15) is 29.8 Å². The van der Waals surface area contributed by atoms with Crippen molar-refractivity contribution in [3.05, 3.63) is 59.7 Å². The van der Waals surface area contributed by atoms with E-state index in [9.17, 15) is 9.90 Å². The van der Waals surface area contributed by atoms with Crippen molar-refractivity contribution in [3.63, 3.8) is 0 Å². The molecule has 1 aromatic heterocycles. The van der Waals surface area contributed by atoms with Crippen molar-refractivity contribution in [2.75, 3.05) is 12.4 Å². The first-order valence-corrected chi connectivity index (χ1v) is 10.5. The predicted octanol–water partition coefficient (Wildman–Crippen LogP) is 4.01. The molecular formula is C22H25N3O3S. The van der Waals surface area contributed by atoms with Gasteiger partial charge in [0.2, 0.25) is 0 Å². The van der Waals surface area contributed by atoms with Gasteiger partial charge < -0.3 is 14.4 Å². The summed E-state index contributed by atoms with van der Waals surface area (Å²) in [4.78, 5) is 11.3. The van der Waals surface area contributed by atoms with E-state index < -0.39 is 6.10 Å². The molecule has 0 aliphatic carbocycles. The molecule has 1 unspecified atom stereocenters. The number of aromatic nitrogens is 3. The van der Waals surface area contributed by atoms with Crippen LogP contribution in [0.3, 0.4) is 0 Å². The number of aliphatic hydroxyl groups is 1. The summed E-state index contributed by atoms with van der Waals surface area (Å²) >= 11 is 1.46. The van der Waals surface area contributed by atoms with Gasteiger partial charge in [-0.3, -0.25) is 4.79 Å². The van der Waals surface area contributed by atoms with Crippen molar-refractivity contribution < 1.29 is 14.6 Å². The molecule has 0 radical (unpaired) electrons. The van der Waals surface area contributed by atoms with Crippen LogP contribution in [0.5, 0.6) is 5.75 Å². The lowest BCUT2D eigenvalue weighted by Crippen LogP contribution is -2.20. The quantitative estimate of drug-likeness (QED) is 0.423. The molecule has 2 aromatic carbocycles. The van der Waals surface area contributed by atoms with Crippen LogP contribution in [0, 0.1) is 6.92 Å². The summed E-state index contributed by atoms with van der Waals surface area (Å²) in [7, 11) is 0. The van der Waals surface area contributed by atoms with E-state index >= 15 is 0 Å². The topological polar surface area (TPSA) is 77.2 Å². The lowest BCUT2D eigenvalue weighted by atomic mass is 10.1. The van der Waals surface area contributed by atoms with Gasteiger partial charge in [0.1, 0.15) is 12.4 Å². The molecule has 0 aliphatic rings. The smallest absolute Gasteiger partial charge is 0.191 e. The Balaban J connectivity index is 1.57. The summed E-state index contributed by atoms with van der Waals surface area (Å²) in [6, 6.07) is 15.1. The third-order valence-electron chi connectivity index (χ3n) is 4.42. The lowest BCUT2D eigenvalue weighted by Gasteiger charge is -2.13. The fourth-order valence-corrected chi connectivity index (χ4v) is 3.78. The molecule has 3 aromatic rings. The summed E-state index contributed by atoms with van der Waals surface area (Å²) in [5.41, 5.74) is 2.84. The zero-order valence-corrected chi connectivity index (χ0v) is 17.6. The summed E-state index contributed by atoms with van der Waals surface area (Å²) < 4.78 is 7.67. The summed E-state index contributed by atoms with van der Waals surface area (Å²) in [6.45, 7) is 6.54. The van der Waals surface area contributed by atoms with E-state index in [1.165, 1.54) is 24.2 Å². The van der Waals surface area contributed by atoms with Crippen LogP contribution in [0.4, 0.5) is 0 Å². The molecule has 0 aliphatic heterocycles. The van der Waals surface area contributed by atoms with Crippen molar-refractivity contribution in [2.24, 2.45) is 0 Å². The Morgan fingerprint density at radius 2 is 1.97 bits per heavy atom. The van der Waals surface area contributed by atoms with Gasteiger partial charge in [-0.25, -0.2) is 0 Å². The predicted molar refractivity (Wildman–Crippen MR) is 115 cm³/mol. The van der Waals surface area contributed by atoms with Gasteiger partial charge in [-0.05, 0) is 51.1 Å². The molecule has 3 rings (SSSR count). The molecule has 0 saturated heterocycles. The van der Waals surface area contributed by atoms with Gasteiger partial charge in [0, 0.05) is 23.4 Å². The molecule has 1 N–H and O–H groups in total. The van der Waals surface area contributed by atoms with Gasteiger partial charge in [0.15, 0.2) is 16.8 Å². The monoisotopic (exact) mass is 411 g/mol. The number of nitrogens with zero attached hydrogens (tertiary/aromatic N) is 3. The molecular weight excluding hydrogens is 386 g/mol. The molecule has 1 atom stereocenters. The Morgan fingerprint density at radius 3 is 2.62 bits per heavy atom. The number of rotatable bonds is 9. The Morgan fingerprint density at radius 1 is 1.21 bits per heavy atom. The maximum absolute atomic E-state index is 11.3. The number of ketones is 1. The third-order valence-corrected chi connectivity index (χ3v) is 5.53. The number of aliphatic hydroxyl groups excluding tert-OH is 1. The van der Waals surface area contributed by atoms with Crippen molar-refractivity contribution in [1.29, 1.82) is 0 Å². The van der Waals surface area contributed by atoms with E-state index in [1.54, 1.807) is 24.3 Å². The Bertz CT molecular complexity index is 970. The van der Waals surface area contributed by atoms with Crippen molar-refractivity contribution in [1.82, 2.24) is 14.8 Å². The van der Waals surface area contributed by atoms with E-state index in [0.717, 1.165) is 23.1 Å². The summed E-state index contributed by atoms with van der Waals surface area (Å²) in [5, 5.41) is 19.7. The molecule has 7 heteroatoms. The van der Waals surface area contributed by atoms with Crippen LogP contribution >= 0.6 is 11.8 Å². The SMILES string of the molecule is CCn1c(SCC(O)COc2ccc(C(C)=O)cc2)nnc1-c1cccc(C)c1. The number of Topliss-reactive ketones (excluding diaryl/α,β-unsaturated/α-hetero) is 1. The second-order valence-electron chi connectivity index (χ2n) is 6.78. The highest BCUT2D eigenvalue weighted by Crippen LogP contribution is 2.25. The van der Waals surface area contributed by atoms with Crippen LogP contribution in [-0.4, -0.2) is 44.1 Å². The minimum Gasteiger partial charge on any atom is -0.491 e. The maximum Gasteiger partial charge on any atom is 0.191 e. The van der Waals surface area contributed by atoms with Gasteiger partial charge in [-0.15, -0.1) is 10.2 Å². The molecule has 29 heavy (non-hydrogen) atoms. The van der Waals surface area contributed by atoms with E-state index in [4.69, 9.17) is 4.74 Å². The van der Waals surface area contributed by atoms with Gasteiger partial charge in [0.25, 0.3) is 0 Å². The number of benzene rings is 2. The summed E-state index contributed by atoms with van der Waals surface area (Å²) in [5.74, 6) is 1.91. The molecule has 0 amide bonds. The fourth-order valence-electron chi connectivity index (χ4n) is 2.88. The number of hydrogen-bond donors (Lipinski definition) is 1. The maximum atomic E-state index is 11.3. The number of hydrogen-bond acceptors (Lipinski definition) is 6. The normalized spacial score (nSPS) is 12.0. The lowest BCUT2D eigenvalue weighted by molar-refractivity contribution is 0.101. The highest BCUT2D eigenvalue weighted by molar-refractivity contribution is 7.99. The van der Waals surface area contributed by atoms with E-state index in [-0.39, 0.29) is 12.4 Å². The molecule has 0 saturated carbocycles.